The van der Waals surface area contributed by atoms with Crippen LogP contribution in [0, 0.1) is 0 Å². The summed E-state index contributed by atoms with van der Waals surface area (Å²) in [5.41, 5.74) is 1.19. The van der Waals surface area contributed by atoms with Crippen molar-refractivity contribution in [1.29, 1.82) is 0 Å². The van der Waals surface area contributed by atoms with Crippen molar-refractivity contribution in [3.63, 3.8) is 0 Å². The Bertz CT molecular complexity index is 319. The van der Waals surface area contributed by atoms with E-state index >= 15 is 0 Å². The van der Waals surface area contributed by atoms with Gasteiger partial charge in [-0.25, -0.2) is 0 Å². The van der Waals surface area contributed by atoms with E-state index in [1.54, 1.807) is 0 Å². The van der Waals surface area contributed by atoms with E-state index < -0.39 is 0 Å². The van der Waals surface area contributed by atoms with Crippen LogP contribution in [-0.2, 0) is 9.53 Å². The molecule has 1 rings (SSSR count). The van der Waals surface area contributed by atoms with E-state index in [0.29, 0.717) is 6.42 Å². The zero-order valence-electron chi connectivity index (χ0n) is 9.00. The maximum atomic E-state index is 11.2. The van der Waals surface area contributed by atoms with E-state index in [2.05, 4.69) is 27.6 Å². The van der Waals surface area contributed by atoms with Crippen molar-refractivity contribution in [2.45, 2.75) is 25.7 Å². The van der Waals surface area contributed by atoms with Crippen molar-refractivity contribution >= 4 is 21.9 Å². The second-order valence-electron chi connectivity index (χ2n) is 3.44. The first kappa shape index (κ1) is 12.2. The number of esters is 1. The van der Waals surface area contributed by atoms with Crippen LogP contribution in [0.3, 0.4) is 0 Å². The Labute approximate surface area is 98.8 Å². The molecule has 15 heavy (non-hydrogen) atoms. The predicted octanol–water partition coefficient (Wildman–Crippen LogP) is 3.51. The van der Waals surface area contributed by atoms with Crippen molar-refractivity contribution in [2.24, 2.45) is 0 Å². The molecule has 3 heteroatoms. The molecule has 0 aromatic heterocycles. The number of methoxy groups -OCH3 is 1. The predicted molar refractivity (Wildman–Crippen MR) is 63.8 cm³/mol. The Morgan fingerprint density at radius 1 is 1.40 bits per heavy atom. The number of halogens is 1. The number of carbonyl (C=O) groups excluding carboxylic acids is 1. The molecule has 0 aliphatic heterocycles. The summed E-state index contributed by atoms with van der Waals surface area (Å²) in [6, 6.07) is 8.08. The van der Waals surface area contributed by atoms with Crippen LogP contribution in [-0.4, -0.2) is 13.1 Å². The van der Waals surface area contributed by atoms with Gasteiger partial charge in [-0.2, -0.15) is 0 Å². The highest BCUT2D eigenvalue weighted by Crippen LogP contribution is 2.24. The average Bonchev–Trinajstić information content (AvgIpc) is 2.27. The van der Waals surface area contributed by atoms with E-state index in [1.165, 1.54) is 12.7 Å². The maximum Gasteiger partial charge on any atom is 0.306 e. The normalized spacial score (nSPS) is 12.2. The third-order valence-corrected chi connectivity index (χ3v) is 3.00. The summed E-state index contributed by atoms with van der Waals surface area (Å²) in [5, 5.41) is 0. The summed E-state index contributed by atoms with van der Waals surface area (Å²) in [6.45, 7) is 2.08. The van der Waals surface area contributed by atoms with Gasteiger partial charge in [-0.15, -0.1) is 0 Å². The molecule has 82 valence electrons. The van der Waals surface area contributed by atoms with E-state index in [0.717, 1.165) is 10.9 Å². The van der Waals surface area contributed by atoms with E-state index in [-0.39, 0.29) is 11.9 Å². The van der Waals surface area contributed by atoms with Crippen molar-refractivity contribution < 1.29 is 9.53 Å². The van der Waals surface area contributed by atoms with E-state index in [4.69, 9.17) is 0 Å². The molecule has 2 nitrogen and oxygen atoms in total. The number of hydrogen-bond acceptors (Lipinski definition) is 2. The monoisotopic (exact) mass is 270 g/mol. The zero-order valence-corrected chi connectivity index (χ0v) is 10.6. The maximum absolute atomic E-state index is 11.2. The molecule has 1 aromatic rings. The lowest BCUT2D eigenvalue weighted by atomic mass is 9.93. The summed E-state index contributed by atoms with van der Waals surface area (Å²) in [5.74, 6) is 0.107. The summed E-state index contributed by atoms with van der Waals surface area (Å²) in [7, 11) is 1.43. The molecule has 1 atom stereocenters. The average molecular weight is 271 g/mol. The Morgan fingerprint density at radius 3 is 2.47 bits per heavy atom. The van der Waals surface area contributed by atoms with Gasteiger partial charge in [0, 0.05) is 4.47 Å². The highest BCUT2D eigenvalue weighted by atomic mass is 79.9. The van der Waals surface area contributed by atoms with Crippen LogP contribution in [0.4, 0.5) is 0 Å². The van der Waals surface area contributed by atoms with Gasteiger partial charge in [0.05, 0.1) is 13.5 Å². The van der Waals surface area contributed by atoms with Crippen LogP contribution in [0.2, 0.25) is 0 Å². The minimum Gasteiger partial charge on any atom is -0.469 e. The first-order valence-electron chi connectivity index (χ1n) is 4.99. The fraction of sp³-hybridized carbons (Fsp3) is 0.417. The van der Waals surface area contributed by atoms with Crippen LogP contribution in [0.5, 0.6) is 0 Å². The topological polar surface area (TPSA) is 26.3 Å². The Kier molecular flexibility index (Phi) is 4.82. The van der Waals surface area contributed by atoms with Gasteiger partial charge in [0.15, 0.2) is 0 Å². The molecule has 0 aliphatic rings. The molecule has 0 saturated carbocycles. The highest BCUT2D eigenvalue weighted by molar-refractivity contribution is 9.10. The second kappa shape index (κ2) is 5.91. The summed E-state index contributed by atoms with van der Waals surface area (Å²) in [4.78, 5) is 11.2. The molecule has 0 bridgehead atoms. The fourth-order valence-electron chi connectivity index (χ4n) is 1.52. The van der Waals surface area contributed by atoms with Crippen molar-refractivity contribution in [1.82, 2.24) is 0 Å². The van der Waals surface area contributed by atoms with Crippen molar-refractivity contribution in [3.8, 4) is 0 Å². The van der Waals surface area contributed by atoms with Gasteiger partial charge in [0.25, 0.3) is 0 Å². The molecule has 0 saturated heterocycles. The van der Waals surface area contributed by atoms with Crippen LogP contribution in [0.15, 0.2) is 28.7 Å². The summed E-state index contributed by atoms with van der Waals surface area (Å²) in [6.07, 6.45) is 1.39. The van der Waals surface area contributed by atoms with Gasteiger partial charge in [0.2, 0.25) is 0 Å². The Morgan fingerprint density at radius 2 is 2.00 bits per heavy atom. The molecule has 0 fully saturated rings. The van der Waals surface area contributed by atoms with E-state index in [9.17, 15) is 4.79 Å². The molecule has 0 radical (unpaired) electrons. The molecule has 0 N–H and O–H groups in total. The first-order chi connectivity index (χ1) is 7.17. The molecule has 1 unspecified atom stereocenters. The number of ether oxygens (including phenoxy) is 1. The van der Waals surface area contributed by atoms with Gasteiger partial charge in [-0.05, 0) is 30.0 Å². The molecule has 0 spiro atoms. The SMILES string of the molecule is CCC(CC(=O)OC)c1ccc(Br)cc1. The third kappa shape index (κ3) is 3.67. The summed E-state index contributed by atoms with van der Waals surface area (Å²) < 4.78 is 5.73. The van der Waals surface area contributed by atoms with Crippen molar-refractivity contribution in [2.75, 3.05) is 7.11 Å². The lowest BCUT2D eigenvalue weighted by Gasteiger charge is -2.13. The van der Waals surface area contributed by atoms with E-state index in [1.807, 2.05) is 24.3 Å². The molecular weight excluding hydrogens is 256 g/mol. The lowest BCUT2D eigenvalue weighted by molar-refractivity contribution is -0.141. The van der Waals surface area contributed by atoms with Gasteiger partial charge in [0.1, 0.15) is 0 Å². The van der Waals surface area contributed by atoms with Gasteiger partial charge >= 0.3 is 5.97 Å². The molecule has 0 heterocycles. The quantitative estimate of drug-likeness (QED) is 0.783. The van der Waals surface area contributed by atoms with Gasteiger partial charge < -0.3 is 4.74 Å². The zero-order chi connectivity index (χ0) is 11.3. The third-order valence-electron chi connectivity index (χ3n) is 2.47. The Balaban J connectivity index is 2.74. The smallest absolute Gasteiger partial charge is 0.306 e. The fourth-order valence-corrected chi connectivity index (χ4v) is 1.78. The molecule has 0 aliphatic carbocycles. The summed E-state index contributed by atoms with van der Waals surface area (Å²) >= 11 is 3.39. The number of carbonyl (C=O) groups is 1. The van der Waals surface area contributed by atoms with Gasteiger partial charge in [-0.3, -0.25) is 4.79 Å². The van der Waals surface area contributed by atoms with Crippen LogP contribution in [0.25, 0.3) is 0 Å². The van der Waals surface area contributed by atoms with Gasteiger partial charge in [-0.1, -0.05) is 35.0 Å². The standard InChI is InChI=1S/C12H15BrO2/c1-3-9(8-12(14)15-2)10-4-6-11(13)7-5-10/h4-7,9H,3,8H2,1-2H3. The van der Waals surface area contributed by atoms with Crippen LogP contribution < -0.4 is 0 Å². The first-order valence-corrected chi connectivity index (χ1v) is 5.79. The molecule has 1 aromatic carbocycles. The second-order valence-corrected chi connectivity index (χ2v) is 4.35. The molecular formula is C12H15BrO2. The minimum absolute atomic E-state index is 0.148. The van der Waals surface area contributed by atoms with Crippen LogP contribution >= 0.6 is 15.9 Å². The number of rotatable bonds is 4. The lowest BCUT2D eigenvalue weighted by Crippen LogP contribution is -2.07. The number of benzene rings is 1. The minimum atomic E-state index is -0.148. The molecule has 0 amide bonds. The van der Waals surface area contributed by atoms with Crippen molar-refractivity contribution in [3.05, 3.63) is 34.3 Å². The van der Waals surface area contributed by atoms with Crippen LogP contribution in [0.1, 0.15) is 31.2 Å². The highest BCUT2D eigenvalue weighted by Gasteiger charge is 2.14. The number of hydrogen-bond donors (Lipinski definition) is 0. The Hall–Kier alpha value is -0.830. The largest absolute Gasteiger partial charge is 0.469 e.